The van der Waals surface area contributed by atoms with Gasteiger partial charge in [-0.05, 0) is 30.5 Å². The molecule has 1 nitrogen and oxygen atoms in total. The fraction of sp³-hybridized carbons (Fsp3) is 0.294. The average Bonchev–Trinajstić information content (AvgIpc) is 2.51. The molecular weight excluding hydrogens is 296 g/mol. The Morgan fingerprint density at radius 2 is 1.68 bits per heavy atom. The van der Waals surface area contributed by atoms with Crippen LogP contribution in [0.2, 0.25) is 0 Å². The van der Waals surface area contributed by atoms with Crippen LogP contribution in [-0.2, 0) is 12.8 Å². The van der Waals surface area contributed by atoms with Gasteiger partial charge < -0.3 is 4.74 Å². The van der Waals surface area contributed by atoms with Crippen molar-refractivity contribution in [3.8, 4) is 5.75 Å². The highest BCUT2D eigenvalue weighted by Gasteiger charge is 2.23. The zero-order chi connectivity index (χ0) is 16.4. The quantitative estimate of drug-likeness (QED) is 0.587. The molecule has 0 aliphatic carbocycles. The van der Waals surface area contributed by atoms with Gasteiger partial charge in [0.1, 0.15) is 11.6 Å². The van der Waals surface area contributed by atoms with E-state index < -0.39 is 34.6 Å². The fourth-order valence-corrected chi connectivity index (χ4v) is 2.38. The number of benzene rings is 2. The molecule has 2 aromatic carbocycles. The summed E-state index contributed by atoms with van der Waals surface area (Å²) in [6, 6.07) is 4.51. The number of methoxy groups -OCH3 is 1. The van der Waals surface area contributed by atoms with Gasteiger partial charge in [-0.3, -0.25) is 0 Å². The molecule has 22 heavy (non-hydrogen) atoms. The van der Waals surface area contributed by atoms with E-state index in [1.807, 2.05) is 6.92 Å². The number of ether oxygens (including phenoxy) is 1. The molecule has 2 aromatic rings. The lowest BCUT2D eigenvalue weighted by atomic mass is 9.99. The molecule has 0 amide bonds. The Labute approximate surface area is 126 Å². The van der Waals surface area contributed by atoms with Crippen LogP contribution in [0.1, 0.15) is 29.2 Å². The predicted molar refractivity (Wildman–Crippen MR) is 76.2 cm³/mol. The summed E-state index contributed by atoms with van der Waals surface area (Å²) in [5.74, 6) is -4.28. The molecule has 5 heteroatoms. The molecule has 0 heterocycles. The van der Waals surface area contributed by atoms with E-state index in [-0.39, 0.29) is 12.0 Å². The lowest BCUT2D eigenvalue weighted by Gasteiger charge is -2.14. The summed E-state index contributed by atoms with van der Waals surface area (Å²) in [5.41, 5.74) is 0.455. The molecule has 0 saturated carbocycles. The van der Waals surface area contributed by atoms with E-state index in [0.29, 0.717) is 17.5 Å². The zero-order valence-electron chi connectivity index (χ0n) is 12.6. The van der Waals surface area contributed by atoms with Crippen LogP contribution in [0, 0.1) is 30.2 Å². The van der Waals surface area contributed by atoms with Crippen molar-refractivity contribution in [3.63, 3.8) is 0 Å². The molecule has 0 unspecified atom stereocenters. The molecule has 0 aliphatic heterocycles. The lowest BCUT2D eigenvalue weighted by Crippen LogP contribution is -2.06. The zero-order valence-corrected chi connectivity index (χ0v) is 12.6. The third-order valence-corrected chi connectivity index (χ3v) is 3.67. The van der Waals surface area contributed by atoms with Gasteiger partial charge in [-0.15, -0.1) is 0 Å². The second-order valence-electron chi connectivity index (χ2n) is 5.03. The van der Waals surface area contributed by atoms with Crippen LogP contribution in [0.5, 0.6) is 5.75 Å². The Morgan fingerprint density at radius 3 is 2.23 bits per heavy atom. The van der Waals surface area contributed by atoms with Gasteiger partial charge in [-0.2, -0.15) is 4.39 Å². The largest absolute Gasteiger partial charge is 0.493 e. The lowest BCUT2D eigenvalue weighted by molar-refractivity contribution is 0.359. The van der Waals surface area contributed by atoms with Gasteiger partial charge >= 0.3 is 0 Å². The fourth-order valence-electron chi connectivity index (χ4n) is 2.38. The van der Waals surface area contributed by atoms with Crippen molar-refractivity contribution in [2.45, 2.75) is 26.7 Å². The van der Waals surface area contributed by atoms with E-state index in [1.165, 1.54) is 6.07 Å². The standard InChI is InChI=1S/C17H16F4O/c1-4-11-6-5-10(8-13(11)18)7-12-14(19)9(2)15(20)16(21)17(12)22-3/h5-6,8H,4,7H2,1-3H3. The highest BCUT2D eigenvalue weighted by atomic mass is 19.2. The number of hydrogen-bond donors (Lipinski definition) is 0. The van der Waals surface area contributed by atoms with E-state index in [9.17, 15) is 17.6 Å². The summed E-state index contributed by atoms with van der Waals surface area (Å²) in [4.78, 5) is 0. The van der Waals surface area contributed by atoms with Crippen molar-refractivity contribution in [3.05, 3.63) is 63.7 Å². The van der Waals surface area contributed by atoms with Gasteiger partial charge in [0.05, 0.1) is 7.11 Å². The van der Waals surface area contributed by atoms with Crippen molar-refractivity contribution in [2.24, 2.45) is 0 Å². The molecule has 0 saturated heterocycles. The van der Waals surface area contributed by atoms with Crippen molar-refractivity contribution in [2.75, 3.05) is 7.11 Å². The monoisotopic (exact) mass is 312 g/mol. The summed E-state index contributed by atoms with van der Waals surface area (Å²) >= 11 is 0. The SMILES string of the molecule is CCc1ccc(Cc2c(F)c(C)c(F)c(F)c2OC)cc1F. The van der Waals surface area contributed by atoms with Crippen molar-refractivity contribution in [1.29, 1.82) is 0 Å². The predicted octanol–water partition coefficient (Wildman–Crippen LogP) is 4.71. The van der Waals surface area contributed by atoms with Gasteiger partial charge in [-0.1, -0.05) is 19.1 Å². The van der Waals surface area contributed by atoms with Gasteiger partial charge in [0, 0.05) is 17.5 Å². The van der Waals surface area contributed by atoms with E-state index in [0.717, 1.165) is 14.0 Å². The van der Waals surface area contributed by atoms with Gasteiger partial charge in [0.15, 0.2) is 11.6 Å². The number of hydrogen-bond acceptors (Lipinski definition) is 1. The van der Waals surface area contributed by atoms with E-state index >= 15 is 0 Å². The highest BCUT2D eigenvalue weighted by Crippen LogP contribution is 2.32. The van der Waals surface area contributed by atoms with Gasteiger partial charge in [0.2, 0.25) is 5.82 Å². The van der Waals surface area contributed by atoms with Crippen LogP contribution >= 0.6 is 0 Å². The van der Waals surface area contributed by atoms with Crippen LogP contribution in [0.25, 0.3) is 0 Å². The van der Waals surface area contributed by atoms with E-state index in [1.54, 1.807) is 12.1 Å². The normalized spacial score (nSPS) is 10.9. The highest BCUT2D eigenvalue weighted by molar-refractivity contribution is 5.44. The van der Waals surface area contributed by atoms with Gasteiger partial charge in [-0.25, -0.2) is 13.2 Å². The van der Waals surface area contributed by atoms with Gasteiger partial charge in [0.25, 0.3) is 0 Å². The van der Waals surface area contributed by atoms with Crippen molar-refractivity contribution >= 4 is 0 Å². The third kappa shape index (κ3) is 2.80. The summed E-state index contributed by atoms with van der Waals surface area (Å²) in [6.07, 6.45) is 0.446. The Bertz CT molecular complexity index is 711. The van der Waals surface area contributed by atoms with Crippen LogP contribution < -0.4 is 4.74 Å². The summed E-state index contributed by atoms with van der Waals surface area (Å²) in [5, 5.41) is 0. The molecule has 118 valence electrons. The van der Waals surface area contributed by atoms with Crippen LogP contribution in [-0.4, -0.2) is 7.11 Å². The number of rotatable bonds is 4. The first-order chi connectivity index (χ1) is 10.4. The molecule has 0 bridgehead atoms. The first-order valence-corrected chi connectivity index (χ1v) is 6.87. The minimum absolute atomic E-state index is 0.0893. The minimum atomic E-state index is -1.27. The summed E-state index contributed by atoms with van der Waals surface area (Å²) in [7, 11) is 1.14. The maximum atomic E-state index is 14.2. The topological polar surface area (TPSA) is 9.23 Å². The summed E-state index contributed by atoms with van der Waals surface area (Å²) < 4.78 is 60.3. The smallest absolute Gasteiger partial charge is 0.201 e. The first kappa shape index (κ1) is 16.3. The molecule has 2 rings (SSSR count). The maximum Gasteiger partial charge on any atom is 0.201 e. The molecule has 0 fully saturated rings. The number of halogens is 4. The molecule has 0 atom stereocenters. The van der Waals surface area contributed by atoms with Crippen LogP contribution in [0.4, 0.5) is 17.6 Å². The Hall–Kier alpha value is -2.04. The Morgan fingerprint density at radius 1 is 1.00 bits per heavy atom. The molecule has 0 aliphatic rings. The van der Waals surface area contributed by atoms with E-state index in [4.69, 9.17) is 4.74 Å². The Kier molecular flexibility index (Phi) is 4.74. The number of aryl methyl sites for hydroxylation is 1. The van der Waals surface area contributed by atoms with Crippen LogP contribution in [0.3, 0.4) is 0 Å². The first-order valence-electron chi connectivity index (χ1n) is 6.87. The van der Waals surface area contributed by atoms with Crippen LogP contribution in [0.15, 0.2) is 18.2 Å². The molecular formula is C17H16F4O. The van der Waals surface area contributed by atoms with E-state index in [2.05, 4.69) is 0 Å². The molecule has 0 N–H and O–H groups in total. The second-order valence-corrected chi connectivity index (χ2v) is 5.03. The minimum Gasteiger partial charge on any atom is -0.493 e. The molecule has 0 spiro atoms. The maximum absolute atomic E-state index is 14.2. The van der Waals surface area contributed by atoms with Crippen molar-refractivity contribution < 1.29 is 22.3 Å². The summed E-state index contributed by atoms with van der Waals surface area (Å²) in [6.45, 7) is 2.97. The second kappa shape index (κ2) is 6.38. The Balaban J connectivity index is 2.51. The van der Waals surface area contributed by atoms with Crippen molar-refractivity contribution in [1.82, 2.24) is 0 Å². The average molecular weight is 312 g/mol. The molecule has 0 radical (unpaired) electrons. The molecule has 0 aromatic heterocycles. The third-order valence-electron chi connectivity index (χ3n) is 3.67.